The van der Waals surface area contributed by atoms with E-state index >= 15 is 0 Å². The first-order valence-electron chi connectivity index (χ1n) is 7.67. The third kappa shape index (κ3) is 2.67. The maximum atomic E-state index is 5.97. The molecule has 0 amide bonds. The summed E-state index contributed by atoms with van der Waals surface area (Å²) in [5, 5.41) is 0.199. The first-order valence-corrected chi connectivity index (χ1v) is 10.6. The van der Waals surface area contributed by atoms with Crippen molar-refractivity contribution >= 4 is 8.32 Å². The Morgan fingerprint density at radius 1 is 0.789 bits per heavy atom. The van der Waals surface area contributed by atoms with Gasteiger partial charge in [-0.15, -0.1) is 0 Å². The minimum absolute atomic E-state index is 0.199. The van der Waals surface area contributed by atoms with E-state index in [1.54, 1.807) is 0 Å². The molecule has 0 radical (unpaired) electrons. The summed E-state index contributed by atoms with van der Waals surface area (Å²) in [7, 11) is 0.149. The lowest BCUT2D eigenvalue weighted by Crippen LogP contribution is -2.57. The quantitative estimate of drug-likeness (QED) is 0.535. The van der Waals surface area contributed by atoms with E-state index in [4.69, 9.17) is 4.43 Å². The van der Waals surface area contributed by atoms with Gasteiger partial charge in [-0.2, -0.15) is 0 Å². The molecule has 0 fully saturated rings. The van der Waals surface area contributed by atoms with Crippen molar-refractivity contribution < 1.29 is 4.43 Å². The monoisotopic (exact) mass is 286 g/mol. The molecular weight excluding hydrogens is 248 g/mol. The summed E-state index contributed by atoms with van der Waals surface area (Å²) in [5.74, 6) is 0. The van der Waals surface area contributed by atoms with E-state index in [2.05, 4.69) is 75.4 Å². The minimum Gasteiger partial charge on any atom is -0.420 e. The molecule has 1 nitrogen and oxygen atoms in total. The molecule has 0 rings (SSSR count). The Labute approximate surface area is 123 Å². The molecule has 0 N–H and O–H groups in total. The van der Waals surface area contributed by atoms with Crippen molar-refractivity contribution in [2.45, 2.75) is 86.9 Å². The average molecular weight is 287 g/mol. The minimum atomic E-state index is -1.74. The molecule has 19 heavy (non-hydrogen) atoms. The molecule has 116 valence electrons. The summed E-state index contributed by atoms with van der Waals surface area (Å²) in [6.07, 6.45) is 1.20. The normalized spacial score (nSPS) is 15.8. The van der Waals surface area contributed by atoms with Crippen molar-refractivity contribution in [1.29, 1.82) is 0 Å². The lowest BCUT2D eigenvalue weighted by atomic mass is 9.50. The Bertz CT molecular complexity index is 281. The lowest BCUT2D eigenvalue weighted by molar-refractivity contribution is -0.0510. The van der Waals surface area contributed by atoms with E-state index in [9.17, 15) is 0 Å². The van der Waals surface area contributed by atoms with Gasteiger partial charge in [-0.05, 0) is 34.4 Å². The lowest BCUT2D eigenvalue weighted by Gasteiger charge is -2.61. The van der Waals surface area contributed by atoms with Crippen LogP contribution in [0.15, 0.2) is 0 Å². The van der Waals surface area contributed by atoms with Crippen LogP contribution >= 0.6 is 0 Å². The van der Waals surface area contributed by atoms with E-state index in [-0.39, 0.29) is 15.9 Å². The fourth-order valence-corrected chi connectivity index (χ4v) is 5.40. The maximum Gasteiger partial charge on any atom is 0.192 e. The van der Waals surface area contributed by atoms with Crippen LogP contribution in [0.2, 0.25) is 18.1 Å². The highest BCUT2D eigenvalue weighted by Gasteiger charge is 2.59. The second-order valence-electron chi connectivity index (χ2n) is 8.83. The Hall–Kier alpha value is 0.177. The van der Waals surface area contributed by atoms with Gasteiger partial charge in [0.25, 0.3) is 0 Å². The second-order valence-corrected chi connectivity index (χ2v) is 13.5. The molecule has 0 aliphatic rings. The highest BCUT2D eigenvalue weighted by atomic mass is 28.4. The molecule has 0 aromatic rings. The van der Waals surface area contributed by atoms with Crippen molar-refractivity contribution in [3.8, 4) is 0 Å². The van der Waals surface area contributed by atoms with Gasteiger partial charge in [0.15, 0.2) is 8.32 Å². The fourth-order valence-electron chi connectivity index (χ4n) is 3.08. The molecule has 0 aliphatic carbocycles. The van der Waals surface area contributed by atoms with E-state index < -0.39 is 8.32 Å². The van der Waals surface area contributed by atoms with E-state index in [1.165, 1.54) is 6.42 Å². The molecule has 0 saturated heterocycles. The van der Waals surface area contributed by atoms with Crippen LogP contribution in [0.4, 0.5) is 0 Å². The Kier molecular flexibility index (Phi) is 5.23. The third-order valence-electron chi connectivity index (χ3n) is 7.72. The van der Waals surface area contributed by atoms with Gasteiger partial charge in [-0.1, -0.05) is 68.7 Å². The number of hydrogen-bond acceptors (Lipinski definition) is 1. The Morgan fingerprint density at radius 3 is 1.42 bits per heavy atom. The molecule has 0 aromatic heterocycles. The highest BCUT2D eigenvalue weighted by molar-refractivity contribution is 6.74. The van der Waals surface area contributed by atoms with Gasteiger partial charge in [0.2, 0.25) is 0 Å². The summed E-state index contributed by atoms with van der Waals surface area (Å²) in [6, 6.07) is 0. The predicted molar refractivity (Wildman–Crippen MR) is 90.2 cm³/mol. The summed E-state index contributed by atoms with van der Waals surface area (Å²) >= 11 is 0. The van der Waals surface area contributed by atoms with Crippen molar-refractivity contribution in [3.05, 3.63) is 0 Å². The van der Waals surface area contributed by atoms with E-state index in [0.29, 0.717) is 5.41 Å². The van der Waals surface area contributed by atoms with Gasteiger partial charge in [-0.25, -0.2) is 0 Å². The standard InChI is InChI=1S/C17H38OSi/c1-13-14(2,3)15(4,5)16(6,7)17(8,9)19(11,12)18-10/h13H2,1-12H3. The molecule has 0 bridgehead atoms. The topological polar surface area (TPSA) is 9.23 Å². The van der Waals surface area contributed by atoms with Crippen LogP contribution in [0.25, 0.3) is 0 Å². The summed E-state index contributed by atoms with van der Waals surface area (Å²) < 4.78 is 5.97. The van der Waals surface area contributed by atoms with Crippen LogP contribution in [0.3, 0.4) is 0 Å². The molecule has 0 spiro atoms. The largest absolute Gasteiger partial charge is 0.420 e. The van der Waals surface area contributed by atoms with Crippen molar-refractivity contribution in [2.24, 2.45) is 16.2 Å². The number of rotatable bonds is 6. The maximum absolute atomic E-state index is 5.97. The van der Waals surface area contributed by atoms with Crippen LogP contribution in [-0.2, 0) is 4.43 Å². The molecule has 0 saturated carbocycles. The SMILES string of the molecule is CCC(C)(C)C(C)(C)C(C)(C)C(C)(C)[Si](C)(C)OC. The van der Waals surface area contributed by atoms with Crippen LogP contribution < -0.4 is 0 Å². The van der Waals surface area contributed by atoms with Gasteiger partial charge < -0.3 is 4.43 Å². The second kappa shape index (κ2) is 5.18. The van der Waals surface area contributed by atoms with Crippen molar-refractivity contribution in [2.75, 3.05) is 7.11 Å². The number of hydrogen-bond donors (Lipinski definition) is 0. The first-order chi connectivity index (χ1) is 8.12. The fraction of sp³-hybridized carbons (Fsp3) is 1.00. The summed E-state index contributed by atoms with van der Waals surface area (Å²) in [4.78, 5) is 0. The molecule has 0 heterocycles. The highest BCUT2D eigenvalue weighted by Crippen LogP contribution is 2.65. The molecule has 0 aromatic carbocycles. The molecular formula is C17H38OSi. The smallest absolute Gasteiger partial charge is 0.192 e. The first kappa shape index (κ1) is 19.2. The van der Waals surface area contributed by atoms with Crippen LogP contribution in [0, 0.1) is 16.2 Å². The van der Waals surface area contributed by atoms with Crippen LogP contribution in [-0.4, -0.2) is 15.4 Å². The van der Waals surface area contributed by atoms with Crippen molar-refractivity contribution in [1.82, 2.24) is 0 Å². The summed E-state index contributed by atoms with van der Waals surface area (Å²) in [5.41, 5.74) is 0.748. The van der Waals surface area contributed by atoms with Gasteiger partial charge in [0, 0.05) is 7.11 Å². The predicted octanol–water partition coefficient (Wildman–Crippen LogP) is 6.11. The van der Waals surface area contributed by atoms with Crippen molar-refractivity contribution in [3.63, 3.8) is 0 Å². The molecule has 0 aliphatic heterocycles. The van der Waals surface area contributed by atoms with Gasteiger partial charge in [-0.3, -0.25) is 0 Å². The third-order valence-corrected chi connectivity index (χ3v) is 12.4. The van der Waals surface area contributed by atoms with E-state index in [1.807, 2.05) is 7.11 Å². The zero-order valence-electron chi connectivity index (χ0n) is 15.6. The molecule has 0 unspecified atom stereocenters. The molecule has 2 heteroatoms. The average Bonchev–Trinajstić information content (AvgIpc) is 2.27. The van der Waals surface area contributed by atoms with E-state index in [0.717, 1.165) is 0 Å². The Morgan fingerprint density at radius 2 is 1.16 bits per heavy atom. The zero-order valence-corrected chi connectivity index (χ0v) is 16.6. The van der Waals surface area contributed by atoms with Gasteiger partial charge >= 0.3 is 0 Å². The Balaban J connectivity index is 5.86. The summed E-state index contributed by atoms with van der Waals surface area (Å²) in [6.45, 7) is 26.4. The van der Waals surface area contributed by atoms with Gasteiger partial charge in [0.05, 0.1) is 0 Å². The molecule has 0 atom stereocenters. The van der Waals surface area contributed by atoms with Crippen LogP contribution in [0.1, 0.15) is 68.7 Å². The van der Waals surface area contributed by atoms with Gasteiger partial charge in [0.1, 0.15) is 0 Å². The van der Waals surface area contributed by atoms with Crippen LogP contribution in [0.5, 0.6) is 0 Å². The zero-order chi connectivity index (χ0) is 15.9.